The Labute approximate surface area is 155 Å². The minimum atomic E-state index is -0.202. The molecule has 3 aromatic rings. The normalized spacial score (nSPS) is 10.8. The van der Waals surface area contributed by atoms with Crippen molar-refractivity contribution in [2.24, 2.45) is 7.05 Å². The molecular weight excluding hydrogens is 440 g/mol. The summed E-state index contributed by atoms with van der Waals surface area (Å²) in [6.07, 6.45) is 0. The molecule has 8 heteroatoms. The van der Waals surface area contributed by atoms with Gasteiger partial charge in [0.1, 0.15) is 11.4 Å². The highest BCUT2D eigenvalue weighted by Crippen LogP contribution is 2.39. The van der Waals surface area contributed by atoms with Gasteiger partial charge in [0.05, 0.1) is 14.5 Å². The van der Waals surface area contributed by atoms with Crippen LogP contribution in [0.4, 0.5) is 5.69 Å². The van der Waals surface area contributed by atoms with E-state index in [4.69, 9.17) is 10.5 Å². The maximum Gasteiger partial charge on any atom is 0.269 e. The van der Waals surface area contributed by atoms with Crippen molar-refractivity contribution >= 4 is 54.4 Å². The van der Waals surface area contributed by atoms with Crippen LogP contribution in [0.3, 0.4) is 0 Å². The van der Waals surface area contributed by atoms with E-state index >= 15 is 0 Å². The smallest absolute Gasteiger partial charge is 0.269 e. The fourth-order valence-corrected chi connectivity index (χ4v) is 3.81. The molecule has 0 aliphatic heterocycles. The average Bonchev–Trinajstić information content (AvgIpc) is 2.85. The fraction of sp³-hybridized carbons (Fsp3) is 0.125. The average molecular weight is 454 g/mol. The van der Waals surface area contributed by atoms with Crippen LogP contribution in [0.2, 0.25) is 0 Å². The Kier molecular flexibility index (Phi) is 4.51. The number of hydrogen-bond acceptors (Lipinski definition) is 4. The number of fused-ring (bicyclic) bond motifs is 1. The molecule has 0 aliphatic rings. The lowest BCUT2D eigenvalue weighted by molar-refractivity contribution is 0.0955. The lowest BCUT2D eigenvalue weighted by Gasteiger charge is -2.11. The van der Waals surface area contributed by atoms with E-state index in [-0.39, 0.29) is 5.91 Å². The van der Waals surface area contributed by atoms with Crippen LogP contribution in [-0.4, -0.2) is 22.7 Å². The van der Waals surface area contributed by atoms with E-state index in [1.54, 1.807) is 43.0 Å². The Morgan fingerprint density at radius 2 is 1.92 bits per heavy atom. The largest absolute Gasteiger partial charge is 0.455 e. The summed E-state index contributed by atoms with van der Waals surface area (Å²) >= 11 is 6.89. The van der Waals surface area contributed by atoms with Gasteiger partial charge in [-0.15, -0.1) is 0 Å². The predicted molar refractivity (Wildman–Crippen MR) is 100 cm³/mol. The van der Waals surface area contributed by atoms with E-state index in [2.05, 4.69) is 42.3 Å². The maximum atomic E-state index is 12.1. The number of nitrogens with zero attached hydrogens (tertiary/aromatic N) is 2. The standard InChI is InChI=1S/C16H14Br2N4O2/c1-20-16(23)14-10-7-9(3-4-13(10)21-22(14)2)24-15-11(17)5-8(19)6-12(15)18/h3-7H,19H2,1-2H3,(H,20,23). The molecule has 0 fully saturated rings. The number of benzene rings is 2. The summed E-state index contributed by atoms with van der Waals surface area (Å²) in [7, 11) is 3.32. The number of amides is 1. The number of aryl methyl sites for hydroxylation is 1. The van der Waals surface area contributed by atoms with Crippen molar-refractivity contribution in [3.8, 4) is 11.5 Å². The molecule has 0 radical (unpaired) electrons. The Bertz CT molecular complexity index is 930. The van der Waals surface area contributed by atoms with Gasteiger partial charge in [0.2, 0.25) is 0 Å². The molecule has 0 aliphatic carbocycles. The van der Waals surface area contributed by atoms with Gasteiger partial charge in [0.15, 0.2) is 5.75 Å². The molecule has 124 valence electrons. The number of aromatic nitrogens is 2. The Balaban J connectivity index is 2.07. The number of nitrogen functional groups attached to an aromatic ring is 1. The molecule has 1 heterocycles. The molecule has 0 spiro atoms. The quantitative estimate of drug-likeness (QED) is 0.590. The minimum Gasteiger partial charge on any atom is -0.455 e. The van der Waals surface area contributed by atoms with E-state index in [1.165, 1.54) is 0 Å². The number of ether oxygens (including phenoxy) is 1. The SMILES string of the molecule is CNC(=O)c1c2cc(Oc3c(Br)cc(N)cc3Br)ccc2nn1C. The second-order valence-electron chi connectivity index (χ2n) is 5.15. The molecule has 3 rings (SSSR count). The van der Waals surface area contributed by atoms with E-state index in [1.807, 2.05) is 6.07 Å². The summed E-state index contributed by atoms with van der Waals surface area (Å²) in [5.74, 6) is 0.993. The van der Waals surface area contributed by atoms with Crippen LogP contribution in [0.1, 0.15) is 10.5 Å². The topological polar surface area (TPSA) is 82.2 Å². The summed E-state index contributed by atoms with van der Waals surface area (Å²) in [5, 5.41) is 7.69. The first-order valence-electron chi connectivity index (χ1n) is 7.02. The van der Waals surface area contributed by atoms with Gasteiger partial charge in [0.25, 0.3) is 5.91 Å². The van der Waals surface area contributed by atoms with Crippen LogP contribution in [0.5, 0.6) is 11.5 Å². The highest BCUT2D eigenvalue weighted by molar-refractivity contribution is 9.11. The first-order chi connectivity index (χ1) is 11.4. The first kappa shape index (κ1) is 16.8. The van der Waals surface area contributed by atoms with Crippen molar-refractivity contribution < 1.29 is 9.53 Å². The summed E-state index contributed by atoms with van der Waals surface area (Å²) in [6.45, 7) is 0. The van der Waals surface area contributed by atoms with Crippen LogP contribution >= 0.6 is 31.9 Å². The highest BCUT2D eigenvalue weighted by Gasteiger charge is 2.17. The number of hydrogen-bond donors (Lipinski definition) is 2. The number of nitrogens with one attached hydrogen (secondary N) is 1. The van der Waals surface area contributed by atoms with Gasteiger partial charge in [0, 0.05) is 25.2 Å². The van der Waals surface area contributed by atoms with E-state index in [0.717, 1.165) is 19.8 Å². The molecule has 0 saturated heterocycles. The highest BCUT2D eigenvalue weighted by atomic mass is 79.9. The zero-order chi connectivity index (χ0) is 17.4. The van der Waals surface area contributed by atoms with Crippen molar-refractivity contribution in [2.75, 3.05) is 12.8 Å². The molecular formula is C16H14Br2N4O2. The number of nitrogens with two attached hydrogens (primary N) is 1. The number of anilines is 1. The van der Waals surface area contributed by atoms with Crippen LogP contribution in [0.25, 0.3) is 10.9 Å². The number of rotatable bonds is 3. The van der Waals surface area contributed by atoms with Crippen LogP contribution in [0, 0.1) is 0 Å². The number of halogens is 2. The summed E-state index contributed by atoms with van der Waals surface area (Å²) in [4.78, 5) is 12.1. The van der Waals surface area contributed by atoms with Gasteiger partial charge in [-0.1, -0.05) is 0 Å². The summed E-state index contributed by atoms with van der Waals surface area (Å²) in [6, 6.07) is 8.94. The monoisotopic (exact) mass is 452 g/mol. The first-order valence-corrected chi connectivity index (χ1v) is 8.60. The maximum absolute atomic E-state index is 12.1. The Morgan fingerprint density at radius 1 is 1.25 bits per heavy atom. The van der Waals surface area contributed by atoms with E-state index in [0.29, 0.717) is 22.9 Å². The number of carbonyl (C=O) groups is 1. The molecule has 0 unspecified atom stereocenters. The molecule has 0 saturated carbocycles. The third kappa shape index (κ3) is 2.99. The van der Waals surface area contributed by atoms with E-state index in [9.17, 15) is 4.79 Å². The second-order valence-corrected chi connectivity index (χ2v) is 6.85. The lowest BCUT2D eigenvalue weighted by Crippen LogP contribution is -2.21. The number of carbonyl (C=O) groups excluding carboxylic acids is 1. The summed E-state index contributed by atoms with van der Waals surface area (Å²) < 4.78 is 8.98. The molecule has 24 heavy (non-hydrogen) atoms. The molecule has 1 aromatic heterocycles. The zero-order valence-electron chi connectivity index (χ0n) is 12.9. The molecule has 2 aromatic carbocycles. The minimum absolute atomic E-state index is 0.202. The third-order valence-electron chi connectivity index (χ3n) is 3.49. The fourth-order valence-electron chi connectivity index (χ4n) is 2.42. The van der Waals surface area contributed by atoms with Gasteiger partial charge in [-0.3, -0.25) is 9.48 Å². The Morgan fingerprint density at radius 3 is 2.54 bits per heavy atom. The van der Waals surface area contributed by atoms with Crippen molar-refractivity contribution in [3.63, 3.8) is 0 Å². The van der Waals surface area contributed by atoms with Crippen LogP contribution < -0.4 is 15.8 Å². The molecule has 0 bridgehead atoms. The van der Waals surface area contributed by atoms with Crippen LogP contribution in [-0.2, 0) is 7.05 Å². The van der Waals surface area contributed by atoms with Gasteiger partial charge >= 0.3 is 0 Å². The Hall–Kier alpha value is -2.06. The molecule has 3 N–H and O–H groups in total. The van der Waals surface area contributed by atoms with Gasteiger partial charge < -0.3 is 15.8 Å². The van der Waals surface area contributed by atoms with Gasteiger partial charge in [-0.2, -0.15) is 5.10 Å². The van der Waals surface area contributed by atoms with Crippen molar-refractivity contribution in [1.82, 2.24) is 15.1 Å². The molecule has 1 amide bonds. The second kappa shape index (κ2) is 6.45. The van der Waals surface area contributed by atoms with Gasteiger partial charge in [-0.25, -0.2) is 0 Å². The zero-order valence-corrected chi connectivity index (χ0v) is 16.1. The molecule has 0 atom stereocenters. The summed E-state index contributed by atoms with van der Waals surface area (Å²) in [5.41, 5.74) is 7.61. The lowest BCUT2D eigenvalue weighted by atomic mass is 10.2. The van der Waals surface area contributed by atoms with E-state index < -0.39 is 0 Å². The van der Waals surface area contributed by atoms with Crippen molar-refractivity contribution in [2.45, 2.75) is 0 Å². The van der Waals surface area contributed by atoms with Crippen LogP contribution in [0.15, 0.2) is 39.3 Å². The van der Waals surface area contributed by atoms with Crippen molar-refractivity contribution in [1.29, 1.82) is 0 Å². The van der Waals surface area contributed by atoms with Gasteiger partial charge in [-0.05, 0) is 62.2 Å². The van der Waals surface area contributed by atoms with Crippen molar-refractivity contribution in [3.05, 3.63) is 45.0 Å². The predicted octanol–water partition coefficient (Wildman–Crippen LogP) is 3.83. The molecule has 6 nitrogen and oxygen atoms in total. The third-order valence-corrected chi connectivity index (χ3v) is 4.67.